The van der Waals surface area contributed by atoms with Gasteiger partial charge < -0.3 is 14.5 Å². The number of alkyl halides is 3. The monoisotopic (exact) mass is 410 g/mol. The first-order valence-corrected chi connectivity index (χ1v) is 8.87. The molecule has 1 aliphatic rings. The van der Waals surface area contributed by atoms with Crippen LogP contribution in [0.5, 0.6) is 0 Å². The lowest BCUT2D eigenvalue weighted by Gasteiger charge is -2.36. The van der Waals surface area contributed by atoms with E-state index in [9.17, 15) is 27.2 Å². The van der Waals surface area contributed by atoms with E-state index in [-0.39, 0.29) is 5.82 Å². The number of carbonyl (C=O) groups is 2. The zero-order valence-corrected chi connectivity index (χ0v) is 15.3. The van der Waals surface area contributed by atoms with Crippen LogP contribution in [0.3, 0.4) is 0 Å². The maximum absolute atomic E-state index is 13.0. The molecule has 1 heterocycles. The Balaban J connectivity index is 1.53. The Bertz CT molecular complexity index is 876. The highest BCUT2D eigenvalue weighted by Crippen LogP contribution is 2.32. The number of benzene rings is 2. The molecule has 5 nitrogen and oxygen atoms in total. The van der Waals surface area contributed by atoms with Crippen molar-refractivity contribution in [3.05, 3.63) is 65.5 Å². The minimum absolute atomic E-state index is 0.337. The van der Waals surface area contributed by atoms with E-state index >= 15 is 0 Å². The number of rotatable bonds is 4. The number of carbonyl (C=O) groups excluding carboxylic acids is 2. The van der Waals surface area contributed by atoms with E-state index in [1.165, 1.54) is 29.2 Å². The summed E-state index contributed by atoms with van der Waals surface area (Å²) in [5, 5.41) is 0. The Morgan fingerprint density at radius 1 is 0.931 bits per heavy atom. The van der Waals surface area contributed by atoms with Crippen LogP contribution in [0.4, 0.5) is 23.2 Å². The van der Waals surface area contributed by atoms with Gasteiger partial charge in [0.2, 0.25) is 0 Å². The smallest absolute Gasteiger partial charge is 0.417 e. The average Bonchev–Trinajstić information content (AvgIpc) is 2.72. The highest BCUT2D eigenvalue weighted by atomic mass is 19.4. The molecule has 0 atom stereocenters. The Hall–Kier alpha value is -3.10. The molecule has 1 fully saturated rings. The number of esters is 1. The van der Waals surface area contributed by atoms with Gasteiger partial charge in [-0.1, -0.05) is 12.1 Å². The van der Waals surface area contributed by atoms with Crippen molar-refractivity contribution in [2.45, 2.75) is 6.18 Å². The summed E-state index contributed by atoms with van der Waals surface area (Å²) in [6.07, 6.45) is -4.70. The number of hydrogen-bond donors (Lipinski definition) is 0. The van der Waals surface area contributed by atoms with E-state index in [0.717, 1.165) is 17.8 Å². The fraction of sp³-hybridized carbons (Fsp3) is 0.300. The molecule has 0 bridgehead atoms. The number of amides is 1. The molecular weight excluding hydrogens is 392 g/mol. The first-order valence-electron chi connectivity index (χ1n) is 8.87. The summed E-state index contributed by atoms with van der Waals surface area (Å²) in [4.78, 5) is 27.8. The Kier molecular flexibility index (Phi) is 6.05. The maximum atomic E-state index is 13.0. The number of hydrogen-bond acceptors (Lipinski definition) is 4. The third-order valence-electron chi connectivity index (χ3n) is 4.60. The van der Waals surface area contributed by atoms with Gasteiger partial charge in [-0.3, -0.25) is 4.79 Å². The lowest BCUT2D eigenvalue weighted by atomic mass is 10.1. The summed E-state index contributed by atoms with van der Waals surface area (Å²) < 4.78 is 56.8. The molecule has 1 amide bonds. The van der Waals surface area contributed by atoms with E-state index in [2.05, 4.69) is 0 Å². The molecule has 0 aliphatic carbocycles. The van der Waals surface area contributed by atoms with E-state index in [0.29, 0.717) is 26.2 Å². The van der Waals surface area contributed by atoms with Crippen molar-refractivity contribution in [2.24, 2.45) is 0 Å². The second-order valence-electron chi connectivity index (χ2n) is 6.46. The molecule has 1 aliphatic heterocycles. The van der Waals surface area contributed by atoms with Crippen molar-refractivity contribution in [3.8, 4) is 0 Å². The molecule has 2 aromatic carbocycles. The van der Waals surface area contributed by atoms with Crippen molar-refractivity contribution < 1.29 is 31.9 Å². The lowest BCUT2D eigenvalue weighted by molar-refractivity contribution is -0.138. The number of ether oxygens (including phenoxy) is 1. The number of piperazine rings is 1. The molecule has 3 rings (SSSR count). The zero-order chi connectivity index (χ0) is 21.0. The van der Waals surface area contributed by atoms with Crippen LogP contribution in [-0.4, -0.2) is 49.6 Å². The van der Waals surface area contributed by atoms with Crippen molar-refractivity contribution in [2.75, 3.05) is 37.7 Å². The first kappa shape index (κ1) is 20.6. The van der Waals surface area contributed by atoms with Gasteiger partial charge in [0, 0.05) is 31.9 Å². The third kappa shape index (κ3) is 5.04. The SMILES string of the molecule is O=C(OCC(=O)N1CCN(c2ccc(F)cc2)CC1)c1ccccc1C(F)(F)F. The van der Waals surface area contributed by atoms with Crippen LogP contribution in [0.2, 0.25) is 0 Å². The van der Waals surface area contributed by atoms with E-state index in [1.807, 2.05) is 4.90 Å². The maximum Gasteiger partial charge on any atom is 0.417 e. The van der Waals surface area contributed by atoms with Crippen LogP contribution in [0.1, 0.15) is 15.9 Å². The van der Waals surface area contributed by atoms with E-state index < -0.39 is 35.8 Å². The summed E-state index contributed by atoms with van der Waals surface area (Å²) in [6.45, 7) is 1.08. The lowest BCUT2D eigenvalue weighted by Crippen LogP contribution is -2.49. The molecule has 0 radical (unpaired) electrons. The highest BCUT2D eigenvalue weighted by molar-refractivity contribution is 5.93. The molecule has 0 spiro atoms. The van der Waals surface area contributed by atoms with Crippen molar-refractivity contribution in [1.29, 1.82) is 0 Å². The molecule has 29 heavy (non-hydrogen) atoms. The summed E-state index contributed by atoms with van der Waals surface area (Å²) in [5.74, 6) is -2.02. The third-order valence-corrected chi connectivity index (χ3v) is 4.60. The predicted octanol–water partition coefficient (Wildman–Crippen LogP) is 3.35. The van der Waals surface area contributed by atoms with E-state index in [4.69, 9.17) is 4.74 Å². The van der Waals surface area contributed by atoms with Crippen LogP contribution >= 0.6 is 0 Å². The van der Waals surface area contributed by atoms with Gasteiger partial charge in [0.05, 0.1) is 11.1 Å². The van der Waals surface area contributed by atoms with Crippen LogP contribution < -0.4 is 4.90 Å². The van der Waals surface area contributed by atoms with Crippen molar-refractivity contribution in [3.63, 3.8) is 0 Å². The first-order chi connectivity index (χ1) is 13.8. The minimum atomic E-state index is -4.70. The van der Waals surface area contributed by atoms with Gasteiger partial charge in [-0.15, -0.1) is 0 Å². The Morgan fingerprint density at radius 3 is 2.17 bits per heavy atom. The summed E-state index contributed by atoms with van der Waals surface area (Å²) >= 11 is 0. The molecule has 1 saturated heterocycles. The molecule has 0 saturated carbocycles. The Labute approximate surface area is 164 Å². The predicted molar refractivity (Wildman–Crippen MR) is 96.9 cm³/mol. The molecule has 154 valence electrons. The highest BCUT2D eigenvalue weighted by Gasteiger charge is 2.35. The van der Waals surface area contributed by atoms with Crippen LogP contribution in [0, 0.1) is 5.82 Å². The largest absolute Gasteiger partial charge is 0.452 e. The quantitative estimate of drug-likeness (QED) is 0.573. The molecular formula is C20H18F4N2O3. The Morgan fingerprint density at radius 2 is 1.55 bits per heavy atom. The van der Waals surface area contributed by atoms with Gasteiger partial charge in [-0.25, -0.2) is 9.18 Å². The minimum Gasteiger partial charge on any atom is -0.452 e. The van der Waals surface area contributed by atoms with Crippen LogP contribution in [0.15, 0.2) is 48.5 Å². The fourth-order valence-corrected chi connectivity index (χ4v) is 3.07. The molecule has 0 unspecified atom stereocenters. The topological polar surface area (TPSA) is 49.9 Å². The summed E-state index contributed by atoms with van der Waals surface area (Å²) in [6, 6.07) is 10.3. The molecule has 2 aromatic rings. The fourth-order valence-electron chi connectivity index (χ4n) is 3.07. The molecule has 0 N–H and O–H groups in total. The van der Waals surface area contributed by atoms with Gasteiger partial charge in [-0.05, 0) is 36.4 Å². The van der Waals surface area contributed by atoms with Crippen molar-refractivity contribution in [1.82, 2.24) is 4.90 Å². The van der Waals surface area contributed by atoms with Gasteiger partial charge in [0.15, 0.2) is 6.61 Å². The van der Waals surface area contributed by atoms with Gasteiger partial charge in [-0.2, -0.15) is 13.2 Å². The number of halogens is 4. The zero-order valence-electron chi connectivity index (χ0n) is 15.3. The second-order valence-corrected chi connectivity index (χ2v) is 6.46. The van der Waals surface area contributed by atoms with Gasteiger partial charge >= 0.3 is 12.1 Å². The number of nitrogens with zero attached hydrogens (tertiary/aromatic N) is 2. The van der Waals surface area contributed by atoms with Crippen molar-refractivity contribution >= 4 is 17.6 Å². The summed E-state index contributed by atoms with van der Waals surface area (Å²) in [5.41, 5.74) is -0.909. The average molecular weight is 410 g/mol. The van der Waals surface area contributed by atoms with Gasteiger partial charge in [0.1, 0.15) is 5.82 Å². The number of anilines is 1. The van der Waals surface area contributed by atoms with Gasteiger partial charge in [0.25, 0.3) is 5.91 Å². The second kappa shape index (κ2) is 8.50. The molecule has 9 heteroatoms. The van der Waals surface area contributed by atoms with Crippen LogP contribution in [0.25, 0.3) is 0 Å². The summed E-state index contributed by atoms with van der Waals surface area (Å²) in [7, 11) is 0. The molecule has 0 aromatic heterocycles. The van der Waals surface area contributed by atoms with Crippen LogP contribution in [-0.2, 0) is 15.7 Å². The standard InChI is InChI=1S/C20H18F4N2O3/c21-14-5-7-15(8-6-14)25-9-11-26(12-10-25)18(27)13-29-19(28)16-3-1-2-4-17(16)20(22,23)24/h1-8H,9-13H2. The normalized spacial score (nSPS) is 14.6. The van der Waals surface area contributed by atoms with E-state index in [1.54, 1.807) is 12.1 Å².